The van der Waals surface area contributed by atoms with Crippen LogP contribution in [0.15, 0.2) is 72.4 Å². The third-order valence-corrected chi connectivity index (χ3v) is 5.71. The highest BCUT2D eigenvalue weighted by Gasteiger charge is 2.40. The van der Waals surface area contributed by atoms with E-state index in [1.54, 1.807) is 26.4 Å². The molecule has 3 aromatic rings. The summed E-state index contributed by atoms with van der Waals surface area (Å²) in [5.74, 6) is 0.356. The molecular formula is C27H26N2O4. The van der Waals surface area contributed by atoms with Crippen LogP contribution in [0.4, 0.5) is 5.69 Å². The maximum absolute atomic E-state index is 13.6. The van der Waals surface area contributed by atoms with Gasteiger partial charge in [-0.15, -0.1) is 0 Å². The van der Waals surface area contributed by atoms with Gasteiger partial charge in [0.05, 0.1) is 26.3 Å². The van der Waals surface area contributed by atoms with E-state index in [1.807, 2.05) is 68.4 Å². The number of para-hydroxylation sites is 2. The number of hydrogen-bond donors (Lipinski definition) is 1. The Kier molecular flexibility index (Phi) is 6.18. The fraction of sp³-hybridized carbons (Fsp3) is 0.185. The summed E-state index contributed by atoms with van der Waals surface area (Å²) in [4.78, 5) is 28.5. The van der Waals surface area contributed by atoms with Gasteiger partial charge in [-0.3, -0.25) is 14.5 Å². The number of hydrogen-bond acceptors (Lipinski definition) is 5. The minimum absolute atomic E-state index is 0.0956. The van der Waals surface area contributed by atoms with Crippen molar-refractivity contribution in [1.82, 2.24) is 4.90 Å². The zero-order chi connectivity index (χ0) is 23.5. The summed E-state index contributed by atoms with van der Waals surface area (Å²) >= 11 is 0. The summed E-state index contributed by atoms with van der Waals surface area (Å²) in [6, 6.07) is 20.5. The van der Waals surface area contributed by atoms with Crippen LogP contribution in [-0.4, -0.2) is 30.9 Å². The average Bonchev–Trinajstić information content (AvgIpc) is 3.05. The molecule has 0 aromatic heterocycles. The van der Waals surface area contributed by atoms with Crippen molar-refractivity contribution in [3.63, 3.8) is 0 Å². The lowest BCUT2D eigenvalue weighted by Crippen LogP contribution is -2.32. The van der Waals surface area contributed by atoms with Gasteiger partial charge in [0.25, 0.3) is 11.8 Å². The van der Waals surface area contributed by atoms with Crippen LogP contribution in [0.2, 0.25) is 0 Å². The number of nitrogens with zero attached hydrogens (tertiary/aromatic N) is 1. The first-order valence-electron chi connectivity index (χ1n) is 10.6. The van der Waals surface area contributed by atoms with E-state index in [0.29, 0.717) is 17.1 Å². The normalized spacial score (nSPS) is 13.5. The molecule has 0 bridgehead atoms. The first-order valence-corrected chi connectivity index (χ1v) is 10.6. The topological polar surface area (TPSA) is 67.9 Å². The molecule has 0 aliphatic carbocycles. The number of methoxy groups -OCH3 is 2. The molecule has 0 unspecified atom stereocenters. The second kappa shape index (κ2) is 9.20. The van der Waals surface area contributed by atoms with Gasteiger partial charge >= 0.3 is 0 Å². The van der Waals surface area contributed by atoms with E-state index in [2.05, 4.69) is 5.32 Å². The lowest BCUT2D eigenvalue weighted by molar-refractivity contribution is -0.137. The van der Waals surface area contributed by atoms with Gasteiger partial charge in [0, 0.05) is 16.8 Å². The van der Waals surface area contributed by atoms with Crippen molar-refractivity contribution in [3.05, 3.63) is 94.7 Å². The molecule has 0 saturated carbocycles. The quantitative estimate of drug-likeness (QED) is 0.537. The summed E-state index contributed by atoms with van der Waals surface area (Å²) in [6.45, 7) is 4.07. The lowest BCUT2D eigenvalue weighted by atomic mass is 10.0. The van der Waals surface area contributed by atoms with Crippen molar-refractivity contribution in [2.75, 3.05) is 19.5 Å². The van der Waals surface area contributed by atoms with Crippen LogP contribution in [0.3, 0.4) is 0 Å². The number of imide groups is 1. The first kappa shape index (κ1) is 22.1. The standard InChI is InChI=1S/C27H26N2O4/c1-17-13-14-21(18(2)15-17)28-25-24(20-10-6-8-12-23(20)33-4)26(30)29(27(25)31)16-19-9-5-7-11-22(19)32-3/h5-15,28H,16H2,1-4H3. The van der Waals surface area contributed by atoms with Gasteiger partial charge in [0.2, 0.25) is 0 Å². The second-order valence-corrected chi connectivity index (χ2v) is 7.90. The zero-order valence-electron chi connectivity index (χ0n) is 19.1. The number of benzene rings is 3. The minimum Gasteiger partial charge on any atom is -0.496 e. The Hall–Kier alpha value is -4.06. The Morgan fingerprint density at radius 3 is 2.18 bits per heavy atom. The number of amides is 2. The second-order valence-electron chi connectivity index (χ2n) is 7.90. The predicted octanol–water partition coefficient (Wildman–Crippen LogP) is 4.71. The van der Waals surface area contributed by atoms with Crippen molar-refractivity contribution >= 4 is 23.1 Å². The van der Waals surface area contributed by atoms with Crippen LogP contribution in [0.5, 0.6) is 11.5 Å². The minimum atomic E-state index is -0.396. The van der Waals surface area contributed by atoms with Crippen molar-refractivity contribution < 1.29 is 19.1 Å². The maximum Gasteiger partial charge on any atom is 0.278 e. The molecule has 4 rings (SSSR count). The zero-order valence-corrected chi connectivity index (χ0v) is 19.1. The number of aryl methyl sites for hydroxylation is 2. The van der Waals surface area contributed by atoms with Gasteiger partial charge in [-0.1, -0.05) is 54.1 Å². The molecule has 1 heterocycles. The molecule has 0 spiro atoms. The van der Waals surface area contributed by atoms with Gasteiger partial charge in [0.1, 0.15) is 17.2 Å². The van der Waals surface area contributed by atoms with Gasteiger partial charge < -0.3 is 14.8 Å². The van der Waals surface area contributed by atoms with E-state index in [9.17, 15) is 9.59 Å². The Morgan fingerprint density at radius 1 is 0.818 bits per heavy atom. The van der Waals surface area contributed by atoms with Gasteiger partial charge in [-0.25, -0.2) is 0 Å². The summed E-state index contributed by atoms with van der Waals surface area (Å²) < 4.78 is 10.9. The van der Waals surface area contributed by atoms with Crippen molar-refractivity contribution in [3.8, 4) is 11.5 Å². The fourth-order valence-corrected chi connectivity index (χ4v) is 4.03. The molecule has 3 aromatic carbocycles. The number of rotatable bonds is 7. The van der Waals surface area contributed by atoms with Crippen LogP contribution in [0.1, 0.15) is 22.3 Å². The fourth-order valence-electron chi connectivity index (χ4n) is 4.03. The molecule has 1 N–H and O–H groups in total. The summed E-state index contributed by atoms with van der Waals surface area (Å²) in [6.07, 6.45) is 0. The summed E-state index contributed by atoms with van der Waals surface area (Å²) in [7, 11) is 3.11. The smallest absolute Gasteiger partial charge is 0.278 e. The van der Waals surface area contributed by atoms with Gasteiger partial charge in [0.15, 0.2) is 0 Å². The largest absolute Gasteiger partial charge is 0.496 e. The van der Waals surface area contributed by atoms with Crippen LogP contribution in [-0.2, 0) is 16.1 Å². The number of nitrogens with one attached hydrogen (secondary N) is 1. The molecule has 2 amide bonds. The van der Waals surface area contributed by atoms with Gasteiger partial charge in [-0.2, -0.15) is 0 Å². The number of anilines is 1. The highest BCUT2D eigenvalue weighted by atomic mass is 16.5. The summed E-state index contributed by atoms with van der Waals surface area (Å²) in [5.41, 5.74) is 4.68. The average molecular weight is 443 g/mol. The van der Waals surface area contributed by atoms with Crippen molar-refractivity contribution in [1.29, 1.82) is 0 Å². The third-order valence-electron chi connectivity index (χ3n) is 5.71. The van der Waals surface area contributed by atoms with E-state index in [1.165, 1.54) is 4.90 Å². The van der Waals surface area contributed by atoms with E-state index in [0.717, 1.165) is 22.4 Å². The molecule has 0 fully saturated rings. The molecular weight excluding hydrogens is 416 g/mol. The Balaban J connectivity index is 1.81. The third kappa shape index (κ3) is 4.20. The maximum atomic E-state index is 13.6. The predicted molar refractivity (Wildman–Crippen MR) is 128 cm³/mol. The van der Waals surface area contributed by atoms with Crippen LogP contribution in [0.25, 0.3) is 5.57 Å². The molecule has 168 valence electrons. The lowest BCUT2D eigenvalue weighted by Gasteiger charge is -2.17. The van der Waals surface area contributed by atoms with E-state index in [4.69, 9.17) is 9.47 Å². The molecule has 33 heavy (non-hydrogen) atoms. The first-order chi connectivity index (χ1) is 15.9. The highest BCUT2D eigenvalue weighted by Crippen LogP contribution is 2.37. The summed E-state index contributed by atoms with van der Waals surface area (Å²) in [5, 5.41) is 3.24. The Morgan fingerprint density at radius 2 is 1.48 bits per heavy atom. The monoisotopic (exact) mass is 442 g/mol. The Labute approximate surface area is 193 Å². The SMILES string of the molecule is COc1ccccc1CN1C(=O)C(Nc2ccc(C)cc2C)=C(c2ccccc2OC)C1=O. The van der Waals surface area contributed by atoms with Crippen LogP contribution >= 0.6 is 0 Å². The number of carbonyl (C=O) groups is 2. The van der Waals surface area contributed by atoms with E-state index >= 15 is 0 Å². The van der Waals surface area contributed by atoms with Crippen LogP contribution in [0, 0.1) is 13.8 Å². The number of ether oxygens (including phenoxy) is 2. The molecule has 6 heteroatoms. The van der Waals surface area contributed by atoms with Crippen LogP contribution < -0.4 is 14.8 Å². The van der Waals surface area contributed by atoms with Crippen molar-refractivity contribution in [2.24, 2.45) is 0 Å². The Bertz CT molecular complexity index is 1260. The van der Waals surface area contributed by atoms with Gasteiger partial charge in [-0.05, 0) is 37.6 Å². The highest BCUT2D eigenvalue weighted by molar-refractivity contribution is 6.37. The number of carbonyl (C=O) groups excluding carboxylic acids is 2. The van der Waals surface area contributed by atoms with E-state index in [-0.39, 0.29) is 23.7 Å². The molecule has 0 saturated heterocycles. The molecule has 6 nitrogen and oxygen atoms in total. The molecule has 0 atom stereocenters. The molecule has 1 aliphatic heterocycles. The molecule has 0 radical (unpaired) electrons. The van der Waals surface area contributed by atoms with E-state index < -0.39 is 5.91 Å². The molecule has 1 aliphatic rings. The van der Waals surface area contributed by atoms with Crippen molar-refractivity contribution in [2.45, 2.75) is 20.4 Å².